The number of aromatic amines is 1. The van der Waals surface area contributed by atoms with E-state index in [2.05, 4.69) is 56.5 Å². The molecule has 1 aliphatic rings. The van der Waals surface area contributed by atoms with Crippen molar-refractivity contribution in [3.8, 4) is 22.4 Å². The average molecular weight is 477 g/mol. The molecular weight excluding hydrogens is 448 g/mol. The number of benzene rings is 2. The average Bonchev–Trinajstić information content (AvgIpc) is 3.56. The van der Waals surface area contributed by atoms with Gasteiger partial charge >= 0.3 is 0 Å². The van der Waals surface area contributed by atoms with Gasteiger partial charge < -0.3 is 15.2 Å². The molecule has 3 aromatic heterocycles. The van der Waals surface area contributed by atoms with Gasteiger partial charge in [0, 0.05) is 47.2 Å². The summed E-state index contributed by atoms with van der Waals surface area (Å²) in [4.78, 5) is 32.1. The quantitative estimate of drug-likeness (QED) is 0.358. The van der Waals surface area contributed by atoms with E-state index >= 15 is 0 Å². The van der Waals surface area contributed by atoms with Gasteiger partial charge in [-0.2, -0.15) is 0 Å². The number of carbonyl (C=O) groups is 1. The monoisotopic (exact) mass is 476 g/mol. The number of hydrogen-bond donors (Lipinski definition) is 2. The maximum absolute atomic E-state index is 12.6. The molecule has 1 aliphatic heterocycles. The van der Waals surface area contributed by atoms with Crippen LogP contribution >= 0.6 is 0 Å². The summed E-state index contributed by atoms with van der Waals surface area (Å²) in [5.41, 5.74) is 6.82. The van der Waals surface area contributed by atoms with Crippen LogP contribution in [0, 0.1) is 0 Å². The van der Waals surface area contributed by atoms with Crippen molar-refractivity contribution in [3.63, 3.8) is 0 Å². The van der Waals surface area contributed by atoms with Gasteiger partial charge in [-0.1, -0.05) is 18.2 Å². The van der Waals surface area contributed by atoms with Crippen LogP contribution in [0.5, 0.6) is 0 Å². The number of amides is 1. The standard InChI is InChI=1S/C29H28N6O/c1-35-14-2-3-24(35)11-13-31-29(36)20-6-4-19(5-7-20)27-18-32-26-16-23(17-33-28(26)34-27)21-8-9-25-22(15-21)10-12-30-25/h4-10,12,15-18,24,30H,2-3,11,13-14H2,1H3,(H,31,36). The first-order valence-electron chi connectivity index (χ1n) is 12.4. The van der Waals surface area contributed by atoms with Gasteiger partial charge in [-0.3, -0.25) is 9.78 Å². The predicted molar refractivity (Wildman–Crippen MR) is 143 cm³/mol. The number of nitrogens with zero attached hydrogens (tertiary/aromatic N) is 4. The Morgan fingerprint density at radius 2 is 1.89 bits per heavy atom. The van der Waals surface area contributed by atoms with Crippen LogP contribution in [0.3, 0.4) is 0 Å². The van der Waals surface area contributed by atoms with Crippen LogP contribution in [-0.4, -0.2) is 56.9 Å². The Hall–Kier alpha value is -4.10. The fraction of sp³-hybridized carbons (Fsp3) is 0.241. The summed E-state index contributed by atoms with van der Waals surface area (Å²) < 4.78 is 0. The van der Waals surface area contributed by atoms with Crippen LogP contribution < -0.4 is 5.32 Å². The number of nitrogens with one attached hydrogen (secondary N) is 2. The maximum Gasteiger partial charge on any atom is 0.251 e. The Morgan fingerprint density at radius 1 is 1.03 bits per heavy atom. The van der Waals surface area contributed by atoms with E-state index in [9.17, 15) is 4.79 Å². The molecule has 2 N–H and O–H groups in total. The molecule has 180 valence electrons. The van der Waals surface area contributed by atoms with Crippen LogP contribution in [-0.2, 0) is 0 Å². The number of H-pyrrole nitrogens is 1. The highest BCUT2D eigenvalue weighted by Crippen LogP contribution is 2.26. The Labute approximate surface area is 209 Å². The first-order chi connectivity index (χ1) is 17.6. The molecule has 0 saturated carbocycles. The van der Waals surface area contributed by atoms with Crippen LogP contribution in [0.15, 0.2) is 73.2 Å². The van der Waals surface area contributed by atoms with Gasteiger partial charge in [0.1, 0.15) is 5.52 Å². The Bertz CT molecular complexity index is 1540. The lowest BCUT2D eigenvalue weighted by molar-refractivity contribution is 0.0950. The van der Waals surface area contributed by atoms with Crippen LogP contribution in [0.1, 0.15) is 29.6 Å². The topological polar surface area (TPSA) is 86.8 Å². The highest BCUT2D eigenvalue weighted by Gasteiger charge is 2.20. The van der Waals surface area contributed by atoms with E-state index in [0.717, 1.165) is 51.8 Å². The number of hydrogen-bond acceptors (Lipinski definition) is 5. The Balaban J connectivity index is 1.15. The number of carbonyl (C=O) groups excluding carboxylic acids is 1. The van der Waals surface area contributed by atoms with Crippen LogP contribution in [0.2, 0.25) is 0 Å². The first kappa shape index (κ1) is 22.4. The van der Waals surface area contributed by atoms with Crippen molar-refractivity contribution in [2.45, 2.75) is 25.3 Å². The molecule has 0 radical (unpaired) electrons. The highest BCUT2D eigenvalue weighted by molar-refractivity contribution is 5.94. The van der Waals surface area contributed by atoms with E-state index in [1.54, 1.807) is 6.20 Å². The lowest BCUT2D eigenvalue weighted by Crippen LogP contribution is -2.31. The molecule has 1 atom stereocenters. The van der Waals surface area contributed by atoms with Crippen molar-refractivity contribution in [3.05, 3.63) is 78.8 Å². The largest absolute Gasteiger partial charge is 0.361 e. The Kier molecular flexibility index (Phi) is 5.91. The van der Waals surface area contributed by atoms with Gasteiger partial charge in [-0.05, 0) is 80.2 Å². The van der Waals surface area contributed by atoms with Crippen molar-refractivity contribution in [1.82, 2.24) is 30.2 Å². The molecule has 1 amide bonds. The second-order valence-electron chi connectivity index (χ2n) is 9.50. The summed E-state index contributed by atoms with van der Waals surface area (Å²) in [5, 5.41) is 4.21. The number of pyridine rings is 1. The molecule has 5 aromatic rings. The molecule has 36 heavy (non-hydrogen) atoms. The number of rotatable bonds is 6. The molecule has 1 fully saturated rings. The van der Waals surface area contributed by atoms with E-state index in [-0.39, 0.29) is 5.91 Å². The molecule has 1 unspecified atom stereocenters. The van der Waals surface area contributed by atoms with Crippen LogP contribution in [0.4, 0.5) is 0 Å². The van der Waals surface area contributed by atoms with Gasteiger partial charge in [0.15, 0.2) is 5.65 Å². The lowest BCUT2D eigenvalue weighted by Gasteiger charge is -2.19. The summed E-state index contributed by atoms with van der Waals surface area (Å²) in [6.45, 7) is 1.84. The third kappa shape index (κ3) is 4.45. The second-order valence-corrected chi connectivity index (χ2v) is 9.50. The molecule has 0 bridgehead atoms. The summed E-state index contributed by atoms with van der Waals surface area (Å²) in [5.74, 6) is -0.0428. The number of likely N-dealkylation sites (tertiary alicyclic amines) is 1. The van der Waals surface area contributed by atoms with Gasteiger partial charge in [-0.15, -0.1) is 0 Å². The summed E-state index contributed by atoms with van der Waals surface area (Å²) >= 11 is 0. The molecule has 7 nitrogen and oxygen atoms in total. The minimum atomic E-state index is -0.0428. The zero-order valence-corrected chi connectivity index (χ0v) is 20.2. The van der Waals surface area contributed by atoms with E-state index in [1.165, 1.54) is 12.8 Å². The van der Waals surface area contributed by atoms with Crippen molar-refractivity contribution in [2.75, 3.05) is 20.1 Å². The molecule has 0 aliphatic carbocycles. The van der Waals surface area contributed by atoms with E-state index in [4.69, 9.17) is 4.98 Å². The van der Waals surface area contributed by atoms with E-state index < -0.39 is 0 Å². The Morgan fingerprint density at radius 3 is 2.72 bits per heavy atom. The van der Waals surface area contributed by atoms with Crippen molar-refractivity contribution < 1.29 is 4.79 Å². The zero-order valence-electron chi connectivity index (χ0n) is 20.2. The minimum absolute atomic E-state index is 0.0428. The smallest absolute Gasteiger partial charge is 0.251 e. The minimum Gasteiger partial charge on any atom is -0.361 e. The first-order valence-corrected chi connectivity index (χ1v) is 12.4. The molecule has 6 rings (SSSR count). The molecule has 7 heteroatoms. The number of aromatic nitrogens is 4. The zero-order chi connectivity index (χ0) is 24.5. The fourth-order valence-electron chi connectivity index (χ4n) is 5.02. The third-order valence-corrected chi connectivity index (χ3v) is 7.16. The third-order valence-electron chi connectivity index (χ3n) is 7.16. The lowest BCUT2D eigenvalue weighted by atomic mass is 10.1. The molecule has 1 saturated heterocycles. The fourth-order valence-corrected chi connectivity index (χ4v) is 5.02. The predicted octanol–water partition coefficient (Wildman–Crippen LogP) is 5.05. The van der Waals surface area contributed by atoms with Crippen molar-refractivity contribution in [2.24, 2.45) is 0 Å². The summed E-state index contributed by atoms with van der Waals surface area (Å²) in [7, 11) is 2.16. The summed E-state index contributed by atoms with van der Waals surface area (Å²) in [6, 6.07) is 18.4. The molecular formula is C29H28N6O. The van der Waals surface area contributed by atoms with Crippen LogP contribution in [0.25, 0.3) is 44.5 Å². The van der Waals surface area contributed by atoms with Gasteiger partial charge in [-0.25, -0.2) is 9.97 Å². The molecule has 2 aromatic carbocycles. The summed E-state index contributed by atoms with van der Waals surface area (Å²) in [6.07, 6.45) is 8.99. The van der Waals surface area contributed by atoms with Crippen molar-refractivity contribution >= 4 is 28.0 Å². The van der Waals surface area contributed by atoms with Crippen molar-refractivity contribution in [1.29, 1.82) is 0 Å². The van der Waals surface area contributed by atoms with Gasteiger partial charge in [0.25, 0.3) is 5.91 Å². The normalized spacial score (nSPS) is 16.1. The maximum atomic E-state index is 12.6. The SMILES string of the molecule is CN1CCCC1CCNC(=O)c1ccc(-c2cnc3cc(-c4ccc5[nH]ccc5c4)cnc3n2)cc1. The molecule has 4 heterocycles. The van der Waals surface area contributed by atoms with Gasteiger partial charge in [0.05, 0.1) is 11.9 Å². The highest BCUT2D eigenvalue weighted by atomic mass is 16.1. The van der Waals surface area contributed by atoms with E-state index in [0.29, 0.717) is 23.8 Å². The van der Waals surface area contributed by atoms with Gasteiger partial charge in [0.2, 0.25) is 0 Å². The van der Waals surface area contributed by atoms with E-state index in [1.807, 2.05) is 42.7 Å². The number of fused-ring (bicyclic) bond motifs is 2. The molecule has 0 spiro atoms. The second kappa shape index (κ2) is 9.51.